The first-order chi connectivity index (χ1) is 24.3. The molecule has 0 fully saturated rings. The van der Waals surface area contributed by atoms with Crippen LogP contribution in [0.3, 0.4) is 0 Å². The van der Waals surface area contributed by atoms with Crippen LogP contribution in [0.4, 0.5) is 0 Å². The van der Waals surface area contributed by atoms with Crippen molar-refractivity contribution >= 4 is 19.8 Å². The van der Waals surface area contributed by atoms with Crippen LogP contribution in [0.2, 0.25) is 0 Å². The Hall–Kier alpha value is -1.99. The number of ether oxygens (including phenoxy) is 2. The van der Waals surface area contributed by atoms with Crippen LogP contribution in [0.5, 0.6) is 0 Å². The number of phosphoric ester groups is 1. The molecule has 0 amide bonds. The number of esters is 2. The minimum Gasteiger partial charge on any atom is -0.462 e. The third-order valence-electron chi connectivity index (χ3n) is 8.46. The lowest BCUT2D eigenvalue weighted by atomic mass is 10.0. The van der Waals surface area contributed by atoms with E-state index in [-0.39, 0.29) is 19.4 Å². The summed E-state index contributed by atoms with van der Waals surface area (Å²) in [7, 11) is -4.76. The number of carbonyl (C=O) groups excluding carboxylic acids is 2. The second-order valence-electron chi connectivity index (χ2n) is 13.3. The Morgan fingerprint density at radius 2 is 0.960 bits per heavy atom. The molecule has 50 heavy (non-hydrogen) atoms. The van der Waals surface area contributed by atoms with Crippen molar-refractivity contribution in [3.05, 3.63) is 48.6 Å². The fourth-order valence-electron chi connectivity index (χ4n) is 5.50. The van der Waals surface area contributed by atoms with Crippen LogP contribution >= 0.6 is 7.82 Å². The van der Waals surface area contributed by atoms with Gasteiger partial charge in [-0.3, -0.25) is 14.1 Å². The first-order valence-electron chi connectivity index (χ1n) is 20.0. The molecule has 0 heterocycles. The molecule has 0 bridgehead atoms. The molecule has 8 nitrogen and oxygen atoms in total. The quantitative estimate of drug-likeness (QED) is 0.0284. The average molecular weight is 725 g/mol. The summed E-state index contributed by atoms with van der Waals surface area (Å²) >= 11 is 0. The molecule has 0 aliphatic carbocycles. The van der Waals surface area contributed by atoms with Crippen molar-refractivity contribution < 1.29 is 37.9 Å². The predicted octanol–water partition coefficient (Wildman–Crippen LogP) is 12.0. The van der Waals surface area contributed by atoms with Gasteiger partial charge in [-0.2, -0.15) is 0 Å². The molecule has 0 radical (unpaired) electrons. The van der Waals surface area contributed by atoms with E-state index >= 15 is 0 Å². The van der Waals surface area contributed by atoms with Gasteiger partial charge in [-0.15, -0.1) is 0 Å². The zero-order valence-electron chi connectivity index (χ0n) is 31.8. The van der Waals surface area contributed by atoms with E-state index in [9.17, 15) is 14.2 Å². The highest BCUT2D eigenvalue weighted by atomic mass is 31.2. The maximum atomic E-state index is 12.3. The maximum Gasteiger partial charge on any atom is 0.469 e. The minimum atomic E-state index is -4.76. The first-order valence-corrected chi connectivity index (χ1v) is 21.5. The molecule has 0 aromatic carbocycles. The van der Waals surface area contributed by atoms with Crippen molar-refractivity contribution in [2.24, 2.45) is 0 Å². The van der Waals surface area contributed by atoms with Gasteiger partial charge in [0.25, 0.3) is 0 Å². The fraction of sp³-hybridized carbons (Fsp3) is 0.756. The lowest BCUT2D eigenvalue weighted by Gasteiger charge is -2.18. The minimum absolute atomic E-state index is 0.166. The zero-order chi connectivity index (χ0) is 36.8. The lowest BCUT2D eigenvalue weighted by molar-refractivity contribution is -0.161. The van der Waals surface area contributed by atoms with Crippen molar-refractivity contribution in [3.8, 4) is 0 Å². The number of hydrogen-bond donors (Lipinski definition) is 2. The van der Waals surface area contributed by atoms with E-state index in [4.69, 9.17) is 19.3 Å². The van der Waals surface area contributed by atoms with Crippen LogP contribution in [-0.4, -0.2) is 41.0 Å². The number of rotatable bonds is 36. The average Bonchev–Trinajstić information content (AvgIpc) is 3.08. The summed E-state index contributed by atoms with van der Waals surface area (Å²) < 4.78 is 26.3. The summed E-state index contributed by atoms with van der Waals surface area (Å²) in [5.74, 6) is -0.928. The molecule has 0 aliphatic rings. The van der Waals surface area contributed by atoms with Crippen LogP contribution in [0.1, 0.15) is 181 Å². The number of unbranched alkanes of at least 4 members (excludes halogenated alkanes) is 21. The van der Waals surface area contributed by atoms with Gasteiger partial charge < -0.3 is 19.3 Å². The fourth-order valence-corrected chi connectivity index (χ4v) is 5.86. The largest absolute Gasteiger partial charge is 0.469 e. The molecule has 0 saturated heterocycles. The van der Waals surface area contributed by atoms with Gasteiger partial charge >= 0.3 is 19.8 Å². The van der Waals surface area contributed by atoms with E-state index in [0.717, 1.165) is 44.9 Å². The van der Waals surface area contributed by atoms with E-state index < -0.39 is 32.5 Å². The molecule has 0 aromatic rings. The van der Waals surface area contributed by atoms with E-state index in [1.165, 1.54) is 103 Å². The molecular weight excluding hydrogens is 651 g/mol. The third-order valence-corrected chi connectivity index (χ3v) is 8.94. The van der Waals surface area contributed by atoms with E-state index in [1.807, 2.05) is 36.5 Å². The van der Waals surface area contributed by atoms with Crippen LogP contribution in [0.25, 0.3) is 0 Å². The molecule has 0 saturated carbocycles. The summed E-state index contributed by atoms with van der Waals surface area (Å²) in [6.45, 7) is 3.51. The van der Waals surface area contributed by atoms with Crippen LogP contribution < -0.4 is 0 Å². The summed E-state index contributed by atoms with van der Waals surface area (Å²) in [6.07, 6.45) is 44.1. The Labute approximate surface area is 305 Å². The van der Waals surface area contributed by atoms with Gasteiger partial charge in [0, 0.05) is 12.8 Å². The van der Waals surface area contributed by atoms with Gasteiger partial charge in [-0.1, -0.05) is 184 Å². The Kier molecular flexibility index (Phi) is 35.3. The van der Waals surface area contributed by atoms with Crippen molar-refractivity contribution in [3.63, 3.8) is 0 Å². The maximum absolute atomic E-state index is 12.3. The Balaban J connectivity index is 3.93. The molecule has 290 valence electrons. The Morgan fingerprint density at radius 3 is 1.44 bits per heavy atom. The number of hydrogen-bond acceptors (Lipinski definition) is 6. The Morgan fingerprint density at radius 1 is 0.540 bits per heavy atom. The van der Waals surface area contributed by atoms with Gasteiger partial charge in [0.05, 0.1) is 6.61 Å². The van der Waals surface area contributed by atoms with Crippen LogP contribution in [0.15, 0.2) is 48.6 Å². The highest BCUT2D eigenvalue weighted by Gasteiger charge is 2.22. The lowest BCUT2D eigenvalue weighted by Crippen LogP contribution is -2.29. The van der Waals surface area contributed by atoms with E-state index in [1.54, 1.807) is 0 Å². The number of carbonyl (C=O) groups is 2. The topological polar surface area (TPSA) is 119 Å². The third kappa shape index (κ3) is 38.8. The number of phosphoric acid groups is 1. The highest BCUT2D eigenvalue weighted by molar-refractivity contribution is 7.46. The van der Waals surface area contributed by atoms with Crippen molar-refractivity contribution in [2.45, 2.75) is 187 Å². The SMILES string of the molecule is CC/C=C/C=C/C=C/C=C/CCCCCC(=O)OC(COC(=O)CCCCCCCCCCCCCCCCCCCCC)COP(=O)(O)O. The van der Waals surface area contributed by atoms with Gasteiger partial charge in [-0.05, 0) is 32.1 Å². The van der Waals surface area contributed by atoms with Crippen molar-refractivity contribution in [2.75, 3.05) is 13.2 Å². The summed E-state index contributed by atoms with van der Waals surface area (Å²) in [4.78, 5) is 42.7. The van der Waals surface area contributed by atoms with Crippen LogP contribution in [0, 0.1) is 0 Å². The monoisotopic (exact) mass is 725 g/mol. The van der Waals surface area contributed by atoms with E-state index in [0.29, 0.717) is 6.42 Å². The van der Waals surface area contributed by atoms with Gasteiger partial charge in [0.2, 0.25) is 0 Å². The van der Waals surface area contributed by atoms with Crippen molar-refractivity contribution in [1.29, 1.82) is 0 Å². The summed E-state index contributed by atoms with van der Waals surface area (Å²) in [5, 5.41) is 0. The molecule has 0 aromatic heterocycles. The first kappa shape index (κ1) is 48.0. The van der Waals surface area contributed by atoms with Gasteiger partial charge in [-0.25, -0.2) is 4.57 Å². The second kappa shape index (κ2) is 36.8. The number of allylic oxidation sites excluding steroid dienone is 8. The highest BCUT2D eigenvalue weighted by Crippen LogP contribution is 2.36. The predicted molar refractivity (Wildman–Crippen MR) is 207 cm³/mol. The van der Waals surface area contributed by atoms with E-state index in [2.05, 4.69) is 30.5 Å². The van der Waals surface area contributed by atoms with Gasteiger partial charge in [0.1, 0.15) is 6.61 Å². The molecule has 0 rings (SSSR count). The second-order valence-corrected chi connectivity index (χ2v) is 14.6. The molecule has 2 N–H and O–H groups in total. The Bertz CT molecular complexity index is 952. The molecule has 1 unspecified atom stereocenters. The molecule has 0 aliphatic heterocycles. The smallest absolute Gasteiger partial charge is 0.462 e. The molecule has 1 atom stereocenters. The van der Waals surface area contributed by atoms with Crippen molar-refractivity contribution in [1.82, 2.24) is 0 Å². The van der Waals surface area contributed by atoms with Crippen LogP contribution in [-0.2, 0) is 28.2 Å². The zero-order valence-corrected chi connectivity index (χ0v) is 32.7. The molecular formula is C41H73O8P. The molecule has 9 heteroatoms. The normalized spacial score (nSPS) is 13.0. The summed E-state index contributed by atoms with van der Waals surface area (Å²) in [5.41, 5.74) is 0. The van der Waals surface area contributed by atoms with Gasteiger partial charge in [0.15, 0.2) is 6.10 Å². The molecule has 0 spiro atoms. The standard InChI is InChI=1S/C41H73O8P/c1-3-5-7-9-11-13-15-17-18-19-20-21-22-24-25-27-29-31-33-35-40(42)47-37-39(38-48-50(44,45)46)49-41(43)36-34-32-30-28-26-23-16-14-12-10-8-6-4-2/h6,8,10,12,14,16,23,26,39H,3-5,7,9,11,13,15,17-22,24-25,27-38H2,1-2H3,(H2,44,45,46)/b8-6+,12-10+,16-14+,26-23+. The summed E-state index contributed by atoms with van der Waals surface area (Å²) in [6, 6.07) is 0.